The highest BCUT2D eigenvalue weighted by atomic mass is 16.5. The predicted molar refractivity (Wildman–Crippen MR) is 157 cm³/mol. The lowest BCUT2D eigenvalue weighted by molar-refractivity contribution is -0.120. The van der Waals surface area contributed by atoms with E-state index < -0.39 is 0 Å². The van der Waals surface area contributed by atoms with Crippen molar-refractivity contribution in [2.75, 3.05) is 7.11 Å². The summed E-state index contributed by atoms with van der Waals surface area (Å²) in [5.74, 6) is 1.46. The Bertz CT molecular complexity index is 1190. The average molecular weight is 511 g/mol. The number of carbonyl (C=O) groups excluding carboxylic acids is 2. The van der Waals surface area contributed by atoms with Crippen LogP contribution in [0.25, 0.3) is 22.3 Å². The Labute approximate surface area is 227 Å². The number of ether oxygens (including phenoxy) is 2. The second kappa shape index (κ2) is 17.3. The molecule has 0 N–H and O–H groups in total. The van der Waals surface area contributed by atoms with Crippen molar-refractivity contribution in [1.82, 2.24) is 0 Å². The van der Waals surface area contributed by atoms with Crippen LogP contribution in [0.3, 0.4) is 0 Å². The molecule has 0 atom stereocenters. The second-order valence-corrected chi connectivity index (χ2v) is 8.86. The molecule has 0 bridgehead atoms. The lowest BCUT2D eigenvalue weighted by Crippen LogP contribution is -1.87. The van der Waals surface area contributed by atoms with Crippen LogP contribution >= 0.6 is 0 Å². The molecule has 0 unspecified atom stereocenters. The molecule has 198 valence electrons. The van der Waals surface area contributed by atoms with Gasteiger partial charge in [-0.05, 0) is 66.8 Å². The van der Waals surface area contributed by atoms with Gasteiger partial charge >= 0.3 is 0 Å². The highest BCUT2D eigenvalue weighted by Crippen LogP contribution is 2.23. The van der Waals surface area contributed by atoms with Crippen LogP contribution in [0.5, 0.6) is 11.5 Å². The molecule has 0 aliphatic rings. The number of benzene rings is 4. The number of carbonyl (C=O) groups is 2. The Morgan fingerprint density at radius 3 is 1.32 bits per heavy atom. The largest absolute Gasteiger partial charge is 0.497 e. The predicted octanol–water partition coefficient (Wildman–Crippen LogP) is 8.63. The van der Waals surface area contributed by atoms with Crippen LogP contribution in [0, 0.1) is 13.8 Å². The summed E-state index contributed by atoms with van der Waals surface area (Å²) in [6, 6.07) is 32.4. The van der Waals surface area contributed by atoms with E-state index in [2.05, 4.69) is 81.4 Å². The maximum absolute atomic E-state index is 10.1. The third-order valence-electron chi connectivity index (χ3n) is 5.82. The molecule has 0 radical (unpaired) electrons. The van der Waals surface area contributed by atoms with Crippen LogP contribution in [-0.4, -0.2) is 19.9 Å². The summed E-state index contributed by atoms with van der Waals surface area (Å²) in [7, 11) is 1.68. The van der Waals surface area contributed by atoms with Crippen LogP contribution in [0.15, 0.2) is 97.1 Å². The van der Waals surface area contributed by atoms with Crippen LogP contribution in [0.4, 0.5) is 0 Å². The summed E-state index contributed by atoms with van der Waals surface area (Å²) in [5, 5.41) is 0. The van der Waals surface area contributed by atoms with Gasteiger partial charge in [-0.15, -0.1) is 0 Å². The van der Waals surface area contributed by atoms with E-state index in [0.29, 0.717) is 12.2 Å². The van der Waals surface area contributed by atoms with E-state index in [1.54, 1.807) is 19.2 Å². The van der Waals surface area contributed by atoms with E-state index in [9.17, 15) is 9.59 Å². The molecule has 4 rings (SSSR count). The third-order valence-corrected chi connectivity index (χ3v) is 5.82. The Morgan fingerprint density at radius 2 is 0.974 bits per heavy atom. The maximum Gasteiger partial charge on any atom is 0.298 e. The minimum Gasteiger partial charge on any atom is -0.497 e. The topological polar surface area (TPSA) is 52.6 Å². The average Bonchev–Trinajstić information content (AvgIpc) is 2.96. The molecule has 4 nitrogen and oxygen atoms in total. The molecule has 0 heterocycles. The van der Waals surface area contributed by atoms with Gasteiger partial charge in [0.2, 0.25) is 0 Å². The first kappa shape index (κ1) is 30.0. The summed E-state index contributed by atoms with van der Waals surface area (Å²) < 4.78 is 9.86. The van der Waals surface area contributed by atoms with Gasteiger partial charge in [-0.2, -0.15) is 0 Å². The molecular formula is C34H38O4. The molecule has 0 amide bonds. The fourth-order valence-electron chi connectivity index (χ4n) is 3.53. The number of rotatable bonds is 9. The molecule has 0 aliphatic carbocycles. The van der Waals surface area contributed by atoms with Crippen molar-refractivity contribution in [3.63, 3.8) is 0 Å². The number of unbranched alkanes of at least 4 members (excludes halogenated alkanes) is 3. The van der Waals surface area contributed by atoms with Crippen molar-refractivity contribution in [2.24, 2.45) is 0 Å². The number of hydrogen-bond acceptors (Lipinski definition) is 4. The van der Waals surface area contributed by atoms with Crippen molar-refractivity contribution in [2.45, 2.75) is 46.5 Å². The monoisotopic (exact) mass is 510 g/mol. The number of aryl methyl sites for hydroxylation is 2. The third kappa shape index (κ3) is 10.8. The molecule has 4 heteroatoms. The lowest BCUT2D eigenvalue weighted by atomic mass is 10.0. The molecule has 0 aromatic heterocycles. The van der Waals surface area contributed by atoms with Crippen LogP contribution in [0.1, 0.15) is 43.7 Å². The molecule has 0 spiro atoms. The van der Waals surface area contributed by atoms with E-state index in [-0.39, 0.29) is 0 Å². The summed E-state index contributed by atoms with van der Waals surface area (Å²) >= 11 is 0. The van der Waals surface area contributed by atoms with Gasteiger partial charge in [-0.3, -0.25) is 4.79 Å². The highest BCUT2D eigenvalue weighted by molar-refractivity contribution is 5.65. The highest BCUT2D eigenvalue weighted by Gasteiger charge is 1.99. The zero-order valence-electron chi connectivity index (χ0n) is 22.9. The summed E-state index contributed by atoms with van der Waals surface area (Å²) in [4.78, 5) is 19.8. The minimum absolute atomic E-state index is 0.431. The van der Waals surface area contributed by atoms with Gasteiger partial charge in [-0.25, -0.2) is 0 Å². The molecular weight excluding hydrogens is 472 g/mol. The van der Waals surface area contributed by atoms with Crippen LogP contribution < -0.4 is 9.47 Å². The SMILES string of the molecule is CCCCCC=O.COc1ccc(-c2ccc(C)cc2)cc1.Cc1ccc(-c2ccc(OC=O)cc2)cc1. The first-order chi connectivity index (χ1) is 18.5. The summed E-state index contributed by atoms with van der Waals surface area (Å²) in [5.41, 5.74) is 7.25. The van der Waals surface area contributed by atoms with Gasteiger partial charge in [0.1, 0.15) is 17.8 Å². The first-order valence-electron chi connectivity index (χ1n) is 12.9. The fraction of sp³-hybridized carbons (Fsp3) is 0.235. The quantitative estimate of drug-likeness (QED) is 0.167. The van der Waals surface area contributed by atoms with Crippen LogP contribution in [0.2, 0.25) is 0 Å². The van der Waals surface area contributed by atoms with Crippen molar-refractivity contribution < 1.29 is 19.1 Å². The van der Waals surface area contributed by atoms with Crippen molar-refractivity contribution >= 4 is 12.8 Å². The van der Waals surface area contributed by atoms with Gasteiger partial charge in [-0.1, -0.05) is 104 Å². The number of methoxy groups -OCH3 is 1. The molecule has 4 aromatic carbocycles. The van der Waals surface area contributed by atoms with Crippen molar-refractivity contribution in [1.29, 1.82) is 0 Å². The van der Waals surface area contributed by atoms with Gasteiger partial charge < -0.3 is 14.3 Å². The van der Waals surface area contributed by atoms with Crippen molar-refractivity contribution in [3.05, 3.63) is 108 Å². The Balaban J connectivity index is 0.000000216. The van der Waals surface area contributed by atoms with E-state index in [1.165, 1.54) is 35.1 Å². The Hall–Kier alpha value is -4.18. The normalized spacial score (nSPS) is 9.68. The molecule has 0 saturated carbocycles. The lowest BCUT2D eigenvalue weighted by Gasteiger charge is -2.03. The molecule has 0 saturated heterocycles. The molecule has 0 aliphatic heterocycles. The molecule has 4 aromatic rings. The second-order valence-electron chi connectivity index (χ2n) is 8.86. The molecule has 0 fully saturated rings. The Morgan fingerprint density at radius 1 is 0.579 bits per heavy atom. The van der Waals surface area contributed by atoms with Gasteiger partial charge in [0.15, 0.2) is 0 Å². The maximum atomic E-state index is 10.1. The molecule has 38 heavy (non-hydrogen) atoms. The minimum atomic E-state index is 0.431. The smallest absolute Gasteiger partial charge is 0.298 e. The van der Waals surface area contributed by atoms with E-state index >= 15 is 0 Å². The van der Waals surface area contributed by atoms with E-state index in [1.807, 2.05) is 24.3 Å². The summed E-state index contributed by atoms with van der Waals surface area (Å²) in [6.45, 7) is 6.72. The Kier molecular flexibility index (Phi) is 13.7. The standard InChI is InChI=1S/C14H12O2.C14H14O.C6H12O/c1-11-2-4-12(5-3-11)13-6-8-14(9-7-13)16-10-15;1-11-3-5-12(6-4-11)13-7-9-14(15-2)10-8-13;1-2-3-4-5-6-7/h2-10H,1H3;3-10H,1-2H3;6H,2-5H2,1H3. The van der Waals surface area contributed by atoms with Crippen molar-refractivity contribution in [3.8, 4) is 33.8 Å². The summed E-state index contributed by atoms with van der Waals surface area (Å²) in [6.07, 6.45) is 5.19. The number of hydrogen-bond donors (Lipinski definition) is 0. The van der Waals surface area contributed by atoms with E-state index in [4.69, 9.17) is 9.47 Å². The van der Waals surface area contributed by atoms with E-state index in [0.717, 1.165) is 36.0 Å². The van der Waals surface area contributed by atoms with Crippen LogP contribution in [-0.2, 0) is 9.59 Å². The van der Waals surface area contributed by atoms with Gasteiger partial charge in [0.05, 0.1) is 7.11 Å². The zero-order valence-corrected chi connectivity index (χ0v) is 22.9. The van der Waals surface area contributed by atoms with Gasteiger partial charge in [0, 0.05) is 6.42 Å². The number of aldehydes is 1. The fourth-order valence-corrected chi connectivity index (χ4v) is 3.53. The zero-order chi connectivity index (χ0) is 27.6. The van der Waals surface area contributed by atoms with Gasteiger partial charge in [0.25, 0.3) is 6.47 Å². The first-order valence-corrected chi connectivity index (χ1v) is 12.9.